The average Bonchev–Trinajstić information content (AvgIpc) is 3.50. The molecule has 10 nitrogen and oxygen atoms in total. The lowest BCUT2D eigenvalue weighted by atomic mass is 10.0. The summed E-state index contributed by atoms with van der Waals surface area (Å²) >= 11 is 0. The van der Waals surface area contributed by atoms with E-state index in [0.717, 1.165) is 47.5 Å². The third kappa shape index (κ3) is 7.19. The molecule has 0 spiro atoms. The van der Waals surface area contributed by atoms with Gasteiger partial charge in [0.25, 0.3) is 6.73 Å². The highest BCUT2D eigenvalue weighted by molar-refractivity contribution is 5.89. The van der Waals surface area contributed by atoms with Crippen molar-refractivity contribution in [3.8, 4) is 11.3 Å². The molecule has 0 saturated heterocycles. The molecule has 0 aliphatic carbocycles. The van der Waals surface area contributed by atoms with Crippen LogP contribution in [0.25, 0.3) is 11.3 Å². The van der Waals surface area contributed by atoms with Crippen LogP contribution < -0.4 is 15.2 Å². The number of hydrogen-bond acceptors (Lipinski definition) is 6. The van der Waals surface area contributed by atoms with Gasteiger partial charge in [0.2, 0.25) is 0 Å². The first-order valence-corrected chi connectivity index (χ1v) is 13.5. The number of carbonyl (C=O) groups excluding carboxylic acids is 3. The van der Waals surface area contributed by atoms with Gasteiger partial charge in [-0.15, -0.1) is 0 Å². The van der Waals surface area contributed by atoms with E-state index in [9.17, 15) is 14.4 Å². The second kappa shape index (κ2) is 13.1. The van der Waals surface area contributed by atoms with Crippen molar-refractivity contribution in [2.75, 3.05) is 0 Å². The number of fused-ring (bicyclic) bond motifs is 1. The van der Waals surface area contributed by atoms with Gasteiger partial charge < -0.3 is 29.4 Å². The second-order valence-electron chi connectivity index (χ2n) is 10.3. The van der Waals surface area contributed by atoms with Crippen LogP contribution in [0.5, 0.6) is 0 Å². The maximum Gasteiger partial charge on any atom is 0.407 e. The Hall–Kier alpha value is -4.34. The van der Waals surface area contributed by atoms with Crippen molar-refractivity contribution in [3.63, 3.8) is 0 Å². The fraction of sp³-hybridized carbons (Fsp3) is 0.400. The summed E-state index contributed by atoms with van der Waals surface area (Å²) in [7, 11) is 0. The van der Waals surface area contributed by atoms with Crippen molar-refractivity contribution in [1.29, 1.82) is 0 Å². The molecular formula is C30H37N4O6+. The predicted molar refractivity (Wildman–Crippen MR) is 147 cm³/mol. The lowest BCUT2D eigenvalue weighted by molar-refractivity contribution is -0.726. The number of benzene rings is 1. The number of amides is 2. The smallest absolute Gasteiger partial charge is 0.407 e. The van der Waals surface area contributed by atoms with E-state index in [2.05, 4.69) is 15.2 Å². The highest BCUT2D eigenvalue weighted by Crippen LogP contribution is 2.36. The number of ether oxygens (including phenoxy) is 3. The van der Waals surface area contributed by atoms with E-state index in [1.54, 1.807) is 28.8 Å². The molecule has 1 aliphatic rings. The van der Waals surface area contributed by atoms with E-state index < -0.39 is 18.2 Å². The largest absolute Gasteiger partial charge is 0.445 e. The lowest BCUT2D eigenvalue weighted by Gasteiger charge is -2.14. The average molecular weight is 550 g/mol. The molecule has 1 aromatic carbocycles. The fourth-order valence-electron chi connectivity index (χ4n) is 4.73. The van der Waals surface area contributed by atoms with Gasteiger partial charge in [0.05, 0.1) is 16.8 Å². The van der Waals surface area contributed by atoms with Gasteiger partial charge in [-0.1, -0.05) is 18.2 Å². The van der Waals surface area contributed by atoms with Gasteiger partial charge in [-0.3, -0.25) is 0 Å². The summed E-state index contributed by atoms with van der Waals surface area (Å²) in [6, 6.07) is 12.6. The number of carbonyl (C=O) groups is 3. The number of nitrogens with zero attached hydrogens (tertiary/aromatic N) is 2. The van der Waals surface area contributed by atoms with Crippen LogP contribution >= 0.6 is 0 Å². The van der Waals surface area contributed by atoms with Crippen molar-refractivity contribution in [2.24, 2.45) is 0 Å². The first kappa shape index (κ1) is 28.7. The summed E-state index contributed by atoms with van der Waals surface area (Å²) < 4.78 is 20.7. The van der Waals surface area contributed by atoms with Crippen LogP contribution in [0, 0.1) is 0 Å². The minimum absolute atomic E-state index is 0.0102. The number of nitrogens with one attached hydrogen (secondary N) is 2. The third-order valence-corrected chi connectivity index (χ3v) is 6.38. The molecule has 0 radical (unpaired) electrons. The maximum absolute atomic E-state index is 12.5. The van der Waals surface area contributed by atoms with Crippen molar-refractivity contribution in [1.82, 2.24) is 15.2 Å². The Bertz CT molecular complexity index is 1350. The molecule has 212 valence electrons. The molecule has 3 aromatic rings. The van der Waals surface area contributed by atoms with Crippen LogP contribution in [0.1, 0.15) is 61.3 Å². The van der Waals surface area contributed by atoms with Gasteiger partial charge in [0.1, 0.15) is 13.2 Å². The van der Waals surface area contributed by atoms with E-state index >= 15 is 0 Å². The molecule has 2 amide bonds. The zero-order valence-corrected chi connectivity index (χ0v) is 23.4. The van der Waals surface area contributed by atoms with Gasteiger partial charge in [-0.2, -0.15) is 4.57 Å². The topological polar surface area (TPSA) is 112 Å². The second-order valence-corrected chi connectivity index (χ2v) is 10.3. The number of rotatable bonds is 10. The summed E-state index contributed by atoms with van der Waals surface area (Å²) in [5, 5.41) is 5.49. The Morgan fingerprint density at radius 2 is 1.52 bits per heavy atom. The molecule has 2 N–H and O–H groups in total. The van der Waals surface area contributed by atoms with E-state index in [-0.39, 0.29) is 32.0 Å². The fourth-order valence-corrected chi connectivity index (χ4v) is 4.73. The van der Waals surface area contributed by atoms with E-state index in [1.165, 1.54) is 0 Å². The monoisotopic (exact) mass is 549 g/mol. The molecule has 0 bridgehead atoms. The molecule has 0 saturated carbocycles. The van der Waals surface area contributed by atoms with Crippen LogP contribution in [0.4, 0.5) is 9.59 Å². The van der Waals surface area contributed by atoms with Crippen LogP contribution in [0.3, 0.4) is 0 Å². The van der Waals surface area contributed by atoms with Gasteiger partial charge in [-0.25, -0.2) is 14.4 Å². The molecule has 0 fully saturated rings. The molecule has 4 rings (SSSR count). The van der Waals surface area contributed by atoms with Crippen molar-refractivity contribution in [2.45, 2.75) is 79.1 Å². The van der Waals surface area contributed by atoms with Gasteiger partial charge >= 0.3 is 18.2 Å². The molecule has 1 aliphatic heterocycles. The summed E-state index contributed by atoms with van der Waals surface area (Å²) in [4.78, 5) is 37.1. The normalized spacial score (nSPS) is 12.2. The summed E-state index contributed by atoms with van der Waals surface area (Å²) in [5.41, 5.74) is 4.91. The van der Waals surface area contributed by atoms with Gasteiger partial charge in [0.15, 0.2) is 12.4 Å². The number of esters is 1. The van der Waals surface area contributed by atoms with Crippen molar-refractivity contribution >= 4 is 18.2 Å². The summed E-state index contributed by atoms with van der Waals surface area (Å²) in [6.07, 6.45) is 4.46. The zero-order chi connectivity index (χ0) is 28.6. The number of alkyl carbamates (subject to hydrolysis) is 2. The molecule has 2 aromatic heterocycles. The molecule has 3 heterocycles. The van der Waals surface area contributed by atoms with Gasteiger partial charge in [-0.05, 0) is 58.7 Å². The van der Waals surface area contributed by atoms with Crippen LogP contribution in [-0.2, 0) is 47.1 Å². The SMILES string of the molecule is CC(C)NC(=O)OCc1c(COC(=O)NC(C)C)c(-c2ccc[n+](COC(=O)c3ccccc3)c2)n2c1CCC2. The van der Waals surface area contributed by atoms with E-state index in [1.807, 2.05) is 58.3 Å². The Morgan fingerprint density at radius 1 is 0.875 bits per heavy atom. The Morgan fingerprint density at radius 3 is 2.17 bits per heavy atom. The predicted octanol–water partition coefficient (Wildman–Crippen LogP) is 4.47. The van der Waals surface area contributed by atoms with Crippen molar-refractivity contribution in [3.05, 3.63) is 77.2 Å². The molecule has 0 unspecified atom stereocenters. The minimum Gasteiger partial charge on any atom is -0.445 e. The van der Waals surface area contributed by atoms with E-state index in [4.69, 9.17) is 14.2 Å². The van der Waals surface area contributed by atoms with Gasteiger partial charge in [0, 0.05) is 41.5 Å². The molecule has 10 heteroatoms. The van der Waals surface area contributed by atoms with Crippen LogP contribution in [-0.4, -0.2) is 34.8 Å². The molecule has 40 heavy (non-hydrogen) atoms. The Kier molecular flexibility index (Phi) is 9.42. The van der Waals surface area contributed by atoms with Crippen molar-refractivity contribution < 1.29 is 33.2 Å². The summed E-state index contributed by atoms with van der Waals surface area (Å²) in [6.45, 7) is 8.33. The zero-order valence-electron chi connectivity index (χ0n) is 23.4. The van der Waals surface area contributed by atoms with Crippen LogP contribution in [0.15, 0.2) is 54.9 Å². The lowest BCUT2D eigenvalue weighted by Crippen LogP contribution is -2.35. The first-order chi connectivity index (χ1) is 19.2. The molecular weight excluding hydrogens is 512 g/mol. The first-order valence-electron chi connectivity index (χ1n) is 13.5. The quantitative estimate of drug-likeness (QED) is 0.219. The number of aromatic nitrogens is 2. The minimum atomic E-state index is -0.521. The standard InChI is InChI=1S/C30H36N4O6/c1-20(2)31-29(36)38-17-24-25(18-39-30(37)32-21(3)4)27(34-15-9-13-26(24)34)23-12-8-14-33(16-23)19-40-28(35)22-10-6-5-7-11-22/h5-8,10-12,14,16,20-21H,9,13,15,17-19H2,1-4H3,(H-,31,32,36,37)/p+1. The third-order valence-electron chi connectivity index (χ3n) is 6.38. The Labute approximate surface area is 234 Å². The number of pyridine rings is 1. The number of hydrogen-bond donors (Lipinski definition) is 2. The highest BCUT2D eigenvalue weighted by atomic mass is 16.6. The van der Waals surface area contributed by atoms with Crippen LogP contribution in [0.2, 0.25) is 0 Å². The maximum atomic E-state index is 12.5. The molecule has 0 atom stereocenters. The van der Waals surface area contributed by atoms with E-state index in [0.29, 0.717) is 5.56 Å². The highest BCUT2D eigenvalue weighted by Gasteiger charge is 2.29. The Balaban J connectivity index is 1.63. The summed E-state index contributed by atoms with van der Waals surface area (Å²) in [5.74, 6) is -0.411.